The average Bonchev–Trinajstić information content (AvgIpc) is 2.44. The van der Waals surface area contributed by atoms with Crippen LogP contribution in [0, 0.1) is 0 Å². The number of sulfone groups is 2. The summed E-state index contributed by atoms with van der Waals surface area (Å²) < 4.78 is 47.1. The molecule has 0 heterocycles. The van der Waals surface area contributed by atoms with Gasteiger partial charge in [-0.1, -0.05) is 29.8 Å². The van der Waals surface area contributed by atoms with Gasteiger partial charge in [0.15, 0.2) is 19.7 Å². The third-order valence-electron chi connectivity index (χ3n) is 3.21. The van der Waals surface area contributed by atoms with E-state index in [0.717, 1.165) is 18.1 Å². The molecule has 0 spiro atoms. The van der Waals surface area contributed by atoms with Crippen molar-refractivity contribution in [1.82, 2.24) is 0 Å². The molecule has 0 aromatic heterocycles. The Labute approximate surface area is 141 Å². The summed E-state index contributed by atoms with van der Waals surface area (Å²) in [4.78, 5) is -0.103. The molecular formula is C15H16ClNO4S2. The van der Waals surface area contributed by atoms with Crippen molar-refractivity contribution in [2.24, 2.45) is 0 Å². The molecular weight excluding hydrogens is 358 g/mol. The van der Waals surface area contributed by atoms with Crippen LogP contribution in [0.5, 0.6) is 0 Å². The highest BCUT2D eigenvalue weighted by atomic mass is 35.5. The number of nitrogens with one attached hydrogen (secondary N) is 1. The zero-order valence-electron chi connectivity index (χ0n) is 12.6. The minimum Gasteiger partial charge on any atom is -0.380 e. The molecule has 0 bridgehead atoms. The minimum atomic E-state index is -3.59. The maximum atomic E-state index is 12.0. The van der Waals surface area contributed by atoms with Gasteiger partial charge in [-0.05, 0) is 29.8 Å². The van der Waals surface area contributed by atoms with E-state index in [1.54, 1.807) is 12.1 Å². The lowest BCUT2D eigenvalue weighted by molar-refractivity contribution is 0.600. The van der Waals surface area contributed by atoms with E-state index in [0.29, 0.717) is 17.3 Å². The standard InChI is InChI=1S/C15H16ClNO4S2/c1-22(18,19)12-7-8-14(15(9-12)23(2,20)21)17-10-11-5-3-4-6-13(11)16/h3-9,17H,10H2,1-2H3. The number of rotatable bonds is 5. The summed E-state index contributed by atoms with van der Waals surface area (Å²) in [7, 11) is -7.08. The molecule has 0 fully saturated rings. The average molecular weight is 374 g/mol. The normalized spacial score (nSPS) is 12.1. The lowest BCUT2D eigenvalue weighted by Crippen LogP contribution is -2.08. The van der Waals surface area contributed by atoms with Gasteiger partial charge in [0.05, 0.1) is 15.5 Å². The van der Waals surface area contributed by atoms with E-state index in [9.17, 15) is 16.8 Å². The van der Waals surface area contributed by atoms with Crippen LogP contribution in [-0.4, -0.2) is 29.3 Å². The molecule has 2 rings (SSSR count). The predicted molar refractivity (Wildman–Crippen MR) is 91.4 cm³/mol. The summed E-state index contributed by atoms with van der Waals surface area (Å²) in [5, 5.41) is 3.56. The van der Waals surface area contributed by atoms with Crippen LogP contribution in [0.1, 0.15) is 5.56 Å². The van der Waals surface area contributed by atoms with E-state index in [1.807, 2.05) is 12.1 Å². The summed E-state index contributed by atoms with van der Waals surface area (Å²) in [6, 6.07) is 11.2. The van der Waals surface area contributed by atoms with E-state index in [2.05, 4.69) is 5.32 Å². The molecule has 23 heavy (non-hydrogen) atoms. The second-order valence-corrected chi connectivity index (χ2v) is 9.55. The van der Waals surface area contributed by atoms with Crippen LogP contribution in [0.4, 0.5) is 5.69 Å². The fraction of sp³-hybridized carbons (Fsp3) is 0.200. The van der Waals surface area contributed by atoms with Crippen LogP contribution in [-0.2, 0) is 26.2 Å². The molecule has 124 valence electrons. The van der Waals surface area contributed by atoms with Gasteiger partial charge in [0, 0.05) is 24.1 Å². The van der Waals surface area contributed by atoms with E-state index < -0.39 is 19.7 Å². The summed E-state index contributed by atoms with van der Waals surface area (Å²) in [5.41, 5.74) is 1.14. The van der Waals surface area contributed by atoms with Crippen LogP contribution < -0.4 is 5.32 Å². The fourth-order valence-corrected chi connectivity index (χ4v) is 3.82. The van der Waals surface area contributed by atoms with Crippen LogP contribution in [0.2, 0.25) is 5.02 Å². The molecule has 0 aliphatic carbocycles. The molecule has 0 saturated heterocycles. The molecule has 0 saturated carbocycles. The van der Waals surface area contributed by atoms with Crippen molar-refractivity contribution < 1.29 is 16.8 Å². The second kappa shape index (κ2) is 6.51. The Morgan fingerprint density at radius 2 is 1.61 bits per heavy atom. The molecule has 0 aliphatic rings. The molecule has 0 aliphatic heterocycles. The summed E-state index contributed by atoms with van der Waals surface area (Å²) in [6.07, 6.45) is 2.07. The van der Waals surface area contributed by atoms with Crippen molar-refractivity contribution in [3.05, 3.63) is 53.1 Å². The molecule has 0 radical (unpaired) electrons. The molecule has 5 nitrogen and oxygen atoms in total. The third-order valence-corrected chi connectivity index (χ3v) is 5.82. The first-order valence-corrected chi connectivity index (χ1v) is 10.8. The first-order valence-electron chi connectivity index (χ1n) is 6.60. The van der Waals surface area contributed by atoms with Crippen LogP contribution in [0.25, 0.3) is 0 Å². The van der Waals surface area contributed by atoms with Gasteiger partial charge in [-0.2, -0.15) is 0 Å². The quantitative estimate of drug-likeness (QED) is 0.871. The van der Waals surface area contributed by atoms with Crippen molar-refractivity contribution in [2.75, 3.05) is 17.8 Å². The van der Waals surface area contributed by atoms with Crippen LogP contribution in [0.15, 0.2) is 52.3 Å². The maximum Gasteiger partial charge on any atom is 0.177 e. The van der Waals surface area contributed by atoms with E-state index in [1.165, 1.54) is 18.2 Å². The first-order chi connectivity index (χ1) is 10.6. The Morgan fingerprint density at radius 1 is 0.957 bits per heavy atom. The highest BCUT2D eigenvalue weighted by Crippen LogP contribution is 2.26. The number of benzene rings is 2. The zero-order valence-corrected chi connectivity index (χ0v) is 15.0. The largest absolute Gasteiger partial charge is 0.380 e. The highest BCUT2D eigenvalue weighted by Gasteiger charge is 2.18. The summed E-state index contributed by atoms with van der Waals surface area (Å²) in [5.74, 6) is 0. The van der Waals surface area contributed by atoms with E-state index in [-0.39, 0.29) is 9.79 Å². The Balaban J connectivity index is 2.41. The topological polar surface area (TPSA) is 80.3 Å². The molecule has 0 amide bonds. The van der Waals surface area contributed by atoms with Crippen LogP contribution in [0.3, 0.4) is 0 Å². The minimum absolute atomic E-state index is 0.0405. The lowest BCUT2D eigenvalue weighted by atomic mass is 10.2. The zero-order chi connectivity index (χ0) is 17.3. The van der Waals surface area contributed by atoms with Crippen molar-refractivity contribution in [2.45, 2.75) is 16.3 Å². The molecule has 2 aromatic rings. The van der Waals surface area contributed by atoms with Gasteiger partial charge in [0.25, 0.3) is 0 Å². The number of hydrogen-bond donors (Lipinski definition) is 1. The Hall–Kier alpha value is -1.57. The van der Waals surface area contributed by atoms with E-state index in [4.69, 9.17) is 11.6 Å². The third kappa shape index (κ3) is 4.46. The van der Waals surface area contributed by atoms with E-state index >= 15 is 0 Å². The van der Waals surface area contributed by atoms with Gasteiger partial charge in [-0.15, -0.1) is 0 Å². The number of halogens is 1. The van der Waals surface area contributed by atoms with Crippen LogP contribution >= 0.6 is 11.6 Å². The van der Waals surface area contributed by atoms with Crippen molar-refractivity contribution in [1.29, 1.82) is 0 Å². The molecule has 8 heteroatoms. The lowest BCUT2D eigenvalue weighted by Gasteiger charge is -2.13. The Morgan fingerprint density at radius 3 is 2.17 bits per heavy atom. The second-order valence-electron chi connectivity index (χ2n) is 5.15. The van der Waals surface area contributed by atoms with Gasteiger partial charge in [0.1, 0.15) is 0 Å². The summed E-state index contributed by atoms with van der Waals surface area (Å²) >= 11 is 6.07. The number of hydrogen-bond acceptors (Lipinski definition) is 5. The molecule has 0 unspecified atom stereocenters. The predicted octanol–water partition coefficient (Wildman–Crippen LogP) is 2.76. The maximum absolute atomic E-state index is 12.0. The molecule has 0 atom stereocenters. The van der Waals surface area contributed by atoms with Gasteiger partial charge in [-0.25, -0.2) is 16.8 Å². The first kappa shape index (κ1) is 17.8. The molecule has 1 N–H and O–H groups in total. The fourth-order valence-electron chi connectivity index (χ4n) is 2.02. The van der Waals surface area contributed by atoms with Crippen molar-refractivity contribution in [3.8, 4) is 0 Å². The summed E-state index contributed by atoms with van der Waals surface area (Å²) in [6.45, 7) is 0.320. The van der Waals surface area contributed by atoms with Gasteiger partial charge >= 0.3 is 0 Å². The van der Waals surface area contributed by atoms with Crippen molar-refractivity contribution in [3.63, 3.8) is 0 Å². The Bertz CT molecular complexity index is 938. The molecule has 2 aromatic carbocycles. The van der Waals surface area contributed by atoms with Gasteiger partial charge in [0.2, 0.25) is 0 Å². The SMILES string of the molecule is CS(=O)(=O)c1ccc(NCc2ccccc2Cl)c(S(C)(=O)=O)c1. The van der Waals surface area contributed by atoms with Gasteiger partial charge < -0.3 is 5.32 Å². The smallest absolute Gasteiger partial charge is 0.177 e. The highest BCUT2D eigenvalue weighted by molar-refractivity contribution is 7.91. The number of anilines is 1. The van der Waals surface area contributed by atoms with Gasteiger partial charge in [-0.3, -0.25) is 0 Å². The van der Waals surface area contributed by atoms with Crippen molar-refractivity contribution >= 4 is 37.0 Å². The Kier molecular flexibility index (Phi) is 5.03. The monoisotopic (exact) mass is 373 g/mol.